The number of carbonyl (C=O) groups excluding carboxylic acids is 1. The Morgan fingerprint density at radius 2 is 2.29 bits per heavy atom. The molecule has 0 aromatic carbocycles. The minimum atomic E-state index is -0.0307. The Bertz CT molecular complexity index is 720. The number of aromatic nitrogens is 3. The summed E-state index contributed by atoms with van der Waals surface area (Å²) in [6.45, 7) is 5.70. The van der Waals surface area contributed by atoms with E-state index in [9.17, 15) is 4.79 Å². The highest BCUT2D eigenvalue weighted by Crippen LogP contribution is 2.27. The number of likely N-dealkylation sites (tertiary alicyclic amines) is 1. The van der Waals surface area contributed by atoms with Gasteiger partial charge in [0.05, 0.1) is 18.0 Å². The maximum Gasteiger partial charge on any atom is 0.259 e. The van der Waals surface area contributed by atoms with E-state index in [4.69, 9.17) is 4.74 Å². The number of ether oxygens (including phenoxy) is 1. The molecule has 0 spiro atoms. The van der Waals surface area contributed by atoms with Crippen LogP contribution in [0.1, 0.15) is 47.4 Å². The molecular formula is C18H22N4O2. The van der Waals surface area contributed by atoms with Gasteiger partial charge >= 0.3 is 0 Å². The van der Waals surface area contributed by atoms with Crippen LogP contribution in [0.25, 0.3) is 0 Å². The Balaban J connectivity index is 1.78. The standard InChI is InChI=1S/C18H22N4O2/c1-3-24-17-15(7-4-8-20-17)18(23)22-9-5-6-14(12-22)16-11-19-10-13(2)21-16/h4,7-8,10-11,14H,3,5-6,9,12H2,1-2H3. The van der Waals surface area contributed by atoms with E-state index in [-0.39, 0.29) is 11.8 Å². The van der Waals surface area contributed by atoms with Gasteiger partial charge in [0.2, 0.25) is 5.88 Å². The molecule has 1 aliphatic heterocycles. The van der Waals surface area contributed by atoms with Crippen LogP contribution in [0.3, 0.4) is 0 Å². The van der Waals surface area contributed by atoms with E-state index in [1.54, 1.807) is 30.7 Å². The molecule has 0 aliphatic carbocycles. The number of hydrogen-bond acceptors (Lipinski definition) is 5. The van der Waals surface area contributed by atoms with Crippen molar-refractivity contribution in [3.05, 3.63) is 47.7 Å². The molecule has 0 saturated carbocycles. The van der Waals surface area contributed by atoms with Crippen LogP contribution < -0.4 is 4.74 Å². The van der Waals surface area contributed by atoms with Gasteiger partial charge in [-0.3, -0.25) is 14.8 Å². The second-order valence-electron chi connectivity index (χ2n) is 5.96. The number of hydrogen-bond donors (Lipinski definition) is 0. The summed E-state index contributed by atoms with van der Waals surface area (Å²) in [5.41, 5.74) is 2.39. The zero-order valence-corrected chi connectivity index (χ0v) is 14.1. The van der Waals surface area contributed by atoms with Crippen LogP contribution in [0.4, 0.5) is 0 Å². The summed E-state index contributed by atoms with van der Waals surface area (Å²) in [4.78, 5) is 27.8. The fourth-order valence-corrected chi connectivity index (χ4v) is 3.06. The topological polar surface area (TPSA) is 68.2 Å². The summed E-state index contributed by atoms with van der Waals surface area (Å²) >= 11 is 0. The Morgan fingerprint density at radius 1 is 1.42 bits per heavy atom. The van der Waals surface area contributed by atoms with Crippen LogP contribution in [-0.4, -0.2) is 45.5 Å². The van der Waals surface area contributed by atoms with Gasteiger partial charge in [-0.15, -0.1) is 0 Å². The molecule has 3 heterocycles. The number of amides is 1. The number of piperidine rings is 1. The molecule has 3 rings (SSSR count). The van der Waals surface area contributed by atoms with Gasteiger partial charge in [-0.25, -0.2) is 4.98 Å². The molecule has 2 aromatic heterocycles. The summed E-state index contributed by atoms with van der Waals surface area (Å²) in [5.74, 6) is 0.599. The van der Waals surface area contributed by atoms with E-state index in [0.717, 1.165) is 30.8 Å². The van der Waals surface area contributed by atoms with Crippen LogP contribution in [-0.2, 0) is 0 Å². The average molecular weight is 326 g/mol. The van der Waals surface area contributed by atoms with Crippen LogP contribution in [0, 0.1) is 6.92 Å². The lowest BCUT2D eigenvalue weighted by Gasteiger charge is -2.32. The van der Waals surface area contributed by atoms with Gasteiger partial charge in [0.1, 0.15) is 5.56 Å². The van der Waals surface area contributed by atoms with Gasteiger partial charge in [-0.1, -0.05) is 0 Å². The molecule has 1 fully saturated rings. The predicted octanol–water partition coefficient (Wildman–Crippen LogP) is 2.60. The molecule has 24 heavy (non-hydrogen) atoms. The third kappa shape index (κ3) is 3.53. The van der Waals surface area contributed by atoms with Gasteiger partial charge in [0, 0.05) is 37.6 Å². The lowest BCUT2D eigenvalue weighted by atomic mass is 9.94. The van der Waals surface area contributed by atoms with Crippen molar-refractivity contribution in [2.24, 2.45) is 0 Å². The van der Waals surface area contributed by atoms with Crippen LogP contribution >= 0.6 is 0 Å². The molecule has 0 radical (unpaired) electrons. The molecule has 1 saturated heterocycles. The Kier molecular flexibility index (Phi) is 5.03. The van der Waals surface area contributed by atoms with E-state index in [1.165, 1.54) is 0 Å². The monoisotopic (exact) mass is 326 g/mol. The van der Waals surface area contributed by atoms with Gasteiger partial charge < -0.3 is 9.64 Å². The molecular weight excluding hydrogens is 304 g/mol. The molecule has 126 valence electrons. The van der Waals surface area contributed by atoms with E-state index in [1.807, 2.05) is 18.7 Å². The van der Waals surface area contributed by atoms with Gasteiger partial charge in [0.25, 0.3) is 5.91 Å². The molecule has 1 amide bonds. The van der Waals surface area contributed by atoms with E-state index in [2.05, 4.69) is 15.0 Å². The Morgan fingerprint density at radius 3 is 3.08 bits per heavy atom. The van der Waals surface area contributed by atoms with E-state index in [0.29, 0.717) is 24.6 Å². The van der Waals surface area contributed by atoms with Crippen molar-refractivity contribution in [2.45, 2.75) is 32.6 Å². The van der Waals surface area contributed by atoms with Crippen molar-refractivity contribution in [1.82, 2.24) is 19.9 Å². The fraction of sp³-hybridized carbons (Fsp3) is 0.444. The van der Waals surface area contributed by atoms with Crippen molar-refractivity contribution >= 4 is 5.91 Å². The van der Waals surface area contributed by atoms with E-state index >= 15 is 0 Å². The highest BCUT2D eigenvalue weighted by molar-refractivity contribution is 5.96. The number of aryl methyl sites for hydroxylation is 1. The Labute approximate surface area is 141 Å². The van der Waals surface area contributed by atoms with Gasteiger partial charge in [-0.05, 0) is 38.8 Å². The highest BCUT2D eigenvalue weighted by Gasteiger charge is 2.28. The lowest BCUT2D eigenvalue weighted by Crippen LogP contribution is -2.39. The van der Waals surface area contributed by atoms with Crippen molar-refractivity contribution < 1.29 is 9.53 Å². The second-order valence-corrected chi connectivity index (χ2v) is 5.96. The summed E-state index contributed by atoms with van der Waals surface area (Å²) in [7, 11) is 0. The fourth-order valence-electron chi connectivity index (χ4n) is 3.06. The number of nitrogens with zero attached hydrogens (tertiary/aromatic N) is 4. The SMILES string of the molecule is CCOc1ncccc1C(=O)N1CCCC(c2cncc(C)n2)C1. The second kappa shape index (κ2) is 7.38. The summed E-state index contributed by atoms with van der Waals surface area (Å²) in [6, 6.07) is 3.54. The summed E-state index contributed by atoms with van der Waals surface area (Å²) in [6.07, 6.45) is 7.17. The molecule has 0 N–H and O–H groups in total. The molecule has 1 atom stereocenters. The summed E-state index contributed by atoms with van der Waals surface area (Å²) < 4.78 is 5.50. The van der Waals surface area contributed by atoms with Gasteiger partial charge in [-0.2, -0.15) is 0 Å². The first-order chi connectivity index (χ1) is 11.7. The lowest BCUT2D eigenvalue weighted by molar-refractivity contribution is 0.0700. The number of pyridine rings is 1. The molecule has 2 aromatic rings. The number of carbonyl (C=O) groups is 1. The van der Waals surface area contributed by atoms with E-state index < -0.39 is 0 Å². The highest BCUT2D eigenvalue weighted by atomic mass is 16.5. The third-order valence-electron chi connectivity index (χ3n) is 4.18. The van der Waals surface area contributed by atoms with Crippen LogP contribution in [0.2, 0.25) is 0 Å². The number of rotatable bonds is 4. The molecule has 6 nitrogen and oxygen atoms in total. The molecule has 0 bridgehead atoms. The quantitative estimate of drug-likeness (QED) is 0.864. The third-order valence-corrected chi connectivity index (χ3v) is 4.18. The molecule has 1 unspecified atom stereocenters. The van der Waals surface area contributed by atoms with Crippen molar-refractivity contribution in [3.8, 4) is 5.88 Å². The first-order valence-corrected chi connectivity index (χ1v) is 8.34. The van der Waals surface area contributed by atoms with Crippen LogP contribution in [0.5, 0.6) is 5.88 Å². The first kappa shape index (κ1) is 16.4. The smallest absolute Gasteiger partial charge is 0.259 e. The normalized spacial score (nSPS) is 17.6. The van der Waals surface area contributed by atoms with Crippen molar-refractivity contribution in [1.29, 1.82) is 0 Å². The van der Waals surface area contributed by atoms with Crippen molar-refractivity contribution in [3.63, 3.8) is 0 Å². The minimum Gasteiger partial charge on any atom is -0.477 e. The first-order valence-electron chi connectivity index (χ1n) is 8.34. The van der Waals surface area contributed by atoms with Gasteiger partial charge in [0.15, 0.2) is 0 Å². The average Bonchev–Trinajstić information content (AvgIpc) is 2.62. The largest absolute Gasteiger partial charge is 0.477 e. The molecule has 6 heteroatoms. The zero-order chi connectivity index (χ0) is 16.9. The van der Waals surface area contributed by atoms with Crippen LogP contribution in [0.15, 0.2) is 30.7 Å². The van der Waals surface area contributed by atoms with Crippen molar-refractivity contribution in [2.75, 3.05) is 19.7 Å². The minimum absolute atomic E-state index is 0.0307. The summed E-state index contributed by atoms with van der Waals surface area (Å²) in [5, 5.41) is 0. The maximum atomic E-state index is 12.9. The molecule has 1 aliphatic rings. The zero-order valence-electron chi connectivity index (χ0n) is 14.1. The predicted molar refractivity (Wildman–Crippen MR) is 90.1 cm³/mol. The Hall–Kier alpha value is -2.50. The maximum absolute atomic E-state index is 12.9.